The number of likely N-dealkylation sites (N-methyl/N-ethyl adjacent to an activating group) is 1. The van der Waals surface area contributed by atoms with Crippen LogP contribution in [-0.2, 0) is 32.7 Å². The van der Waals surface area contributed by atoms with Crippen molar-refractivity contribution in [1.29, 1.82) is 0 Å². The van der Waals surface area contributed by atoms with Crippen molar-refractivity contribution in [3.05, 3.63) is 36.5 Å². The summed E-state index contributed by atoms with van der Waals surface area (Å²) in [5.41, 5.74) is 0. The van der Waals surface area contributed by atoms with E-state index in [0.29, 0.717) is 17.4 Å². The highest BCUT2D eigenvalue weighted by Gasteiger charge is 2.27. The molecule has 2 atom stereocenters. The van der Waals surface area contributed by atoms with E-state index >= 15 is 0 Å². The van der Waals surface area contributed by atoms with Gasteiger partial charge in [0.05, 0.1) is 27.7 Å². The summed E-state index contributed by atoms with van der Waals surface area (Å²) < 4.78 is 34.2. The summed E-state index contributed by atoms with van der Waals surface area (Å²) in [6.07, 6.45) is 49.5. The molecule has 60 heavy (non-hydrogen) atoms. The molecule has 2 unspecified atom stereocenters. The molecule has 0 aromatic heterocycles. The summed E-state index contributed by atoms with van der Waals surface area (Å²) in [5.74, 6) is -0.801. The minimum absolute atomic E-state index is 0.0328. The number of hydrogen-bond acceptors (Lipinski definition) is 7. The van der Waals surface area contributed by atoms with Crippen molar-refractivity contribution in [2.75, 3.05) is 47.5 Å². The molecule has 9 nitrogen and oxygen atoms in total. The Labute approximate surface area is 370 Å². The topological polar surface area (TPSA) is 108 Å². The minimum Gasteiger partial charge on any atom is -0.462 e. The predicted molar refractivity (Wildman–Crippen MR) is 252 cm³/mol. The van der Waals surface area contributed by atoms with Crippen molar-refractivity contribution in [1.82, 2.24) is 0 Å². The molecule has 0 heterocycles. The van der Waals surface area contributed by atoms with Crippen LogP contribution in [0.4, 0.5) is 0 Å². The molecule has 0 spiro atoms. The Balaban J connectivity index is 4.01. The molecule has 1 N–H and O–H groups in total. The van der Waals surface area contributed by atoms with Gasteiger partial charge in [-0.25, -0.2) is 4.57 Å². The Morgan fingerprint density at radius 1 is 0.517 bits per heavy atom. The van der Waals surface area contributed by atoms with E-state index in [1.165, 1.54) is 141 Å². The van der Waals surface area contributed by atoms with Crippen molar-refractivity contribution >= 4 is 19.8 Å². The highest BCUT2D eigenvalue weighted by molar-refractivity contribution is 7.47. The Morgan fingerprint density at radius 2 is 0.900 bits per heavy atom. The van der Waals surface area contributed by atoms with E-state index in [2.05, 4.69) is 50.3 Å². The number of carbonyl (C=O) groups is 2. The van der Waals surface area contributed by atoms with Crippen LogP contribution in [0.15, 0.2) is 36.5 Å². The molecule has 0 bridgehead atoms. The van der Waals surface area contributed by atoms with Crippen LogP contribution in [0.25, 0.3) is 0 Å². The zero-order valence-corrected chi connectivity index (χ0v) is 40.6. The van der Waals surface area contributed by atoms with Crippen LogP contribution >= 0.6 is 7.82 Å². The number of hydrogen-bond donors (Lipinski definition) is 1. The molecule has 352 valence electrons. The van der Waals surface area contributed by atoms with Crippen molar-refractivity contribution in [2.24, 2.45) is 0 Å². The van der Waals surface area contributed by atoms with Crippen LogP contribution < -0.4 is 0 Å². The molecular formula is C50H95NO8P+. The Hall–Kier alpha value is -1.77. The third-order valence-electron chi connectivity index (χ3n) is 10.7. The number of unbranched alkanes of at least 4 members (excludes halogenated alkanes) is 25. The van der Waals surface area contributed by atoms with Crippen LogP contribution in [0, 0.1) is 0 Å². The van der Waals surface area contributed by atoms with Gasteiger partial charge in [-0.3, -0.25) is 18.6 Å². The van der Waals surface area contributed by atoms with Crippen LogP contribution in [0.5, 0.6) is 0 Å². The van der Waals surface area contributed by atoms with Gasteiger partial charge in [0.25, 0.3) is 0 Å². The quantitative estimate of drug-likeness (QED) is 0.0212. The summed E-state index contributed by atoms with van der Waals surface area (Å²) in [6.45, 7) is 4.37. The predicted octanol–water partition coefficient (Wildman–Crippen LogP) is 14.5. The lowest BCUT2D eigenvalue weighted by Gasteiger charge is -2.24. The summed E-state index contributed by atoms with van der Waals surface area (Å²) in [7, 11) is 1.48. The van der Waals surface area contributed by atoms with Gasteiger partial charge in [0.15, 0.2) is 6.10 Å². The first-order valence-corrected chi connectivity index (χ1v) is 26.2. The highest BCUT2D eigenvalue weighted by atomic mass is 31.2. The zero-order chi connectivity index (χ0) is 44.3. The van der Waals surface area contributed by atoms with E-state index in [-0.39, 0.29) is 32.0 Å². The average molecular weight is 869 g/mol. The number of phosphoric acid groups is 1. The average Bonchev–Trinajstić information content (AvgIpc) is 3.20. The lowest BCUT2D eigenvalue weighted by molar-refractivity contribution is -0.870. The van der Waals surface area contributed by atoms with E-state index < -0.39 is 26.5 Å². The van der Waals surface area contributed by atoms with E-state index in [0.717, 1.165) is 44.9 Å². The molecule has 0 rings (SSSR count). The first-order chi connectivity index (χ1) is 29.0. The second-order valence-electron chi connectivity index (χ2n) is 17.9. The van der Waals surface area contributed by atoms with Crippen molar-refractivity contribution < 1.29 is 42.1 Å². The number of phosphoric ester groups is 1. The Bertz CT molecular complexity index is 1120. The highest BCUT2D eigenvalue weighted by Crippen LogP contribution is 2.43. The monoisotopic (exact) mass is 869 g/mol. The normalized spacial score (nSPS) is 13.8. The van der Waals surface area contributed by atoms with Crippen LogP contribution in [0.1, 0.15) is 219 Å². The van der Waals surface area contributed by atoms with Gasteiger partial charge in [-0.05, 0) is 51.4 Å². The van der Waals surface area contributed by atoms with E-state index in [4.69, 9.17) is 18.5 Å². The number of esters is 2. The number of ether oxygens (including phenoxy) is 2. The number of nitrogens with zero attached hydrogens (tertiary/aromatic N) is 1. The smallest absolute Gasteiger partial charge is 0.462 e. The summed E-state index contributed by atoms with van der Waals surface area (Å²) in [5, 5.41) is 0. The van der Waals surface area contributed by atoms with E-state index in [9.17, 15) is 19.0 Å². The Morgan fingerprint density at radius 3 is 1.33 bits per heavy atom. The van der Waals surface area contributed by atoms with Gasteiger partial charge in [-0.2, -0.15) is 0 Å². The molecule has 0 aliphatic heterocycles. The third kappa shape index (κ3) is 45.7. The zero-order valence-electron chi connectivity index (χ0n) is 39.7. The minimum atomic E-state index is -4.37. The Kier molecular flexibility index (Phi) is 41.3. The van der Waals surface area contributed by atoms with Crippen molar-refractivity contribution in [3.63, 3.8) is 0 Å². The lowest BCUT2D eigenvalue weighted by Crippen LogP contribution is -2.37. The van der Waals surface area contributed by atoms with Gasteiger partial charge >= 0.3 is 19.8 Å². The van der Waals surface area contributed by atoms with Gasteiger partial charge in [0.1, 0.15) is 19.8 Å². The molecule has 0 aliphatic carbocycles. The molecule has 10 heteroatoms. The lowest BCUT2D eigenvalue weighted by atomic mass is 10.0. The molecule has 0 fully saturated rings. The molecular weight excluding hydrogens is 774 g/mol. The van der Waals surface area contributed by atoms with Crippen LogP contribution in [-0.4, -0.2) is 74.9 Å². The second-order valence-corrected chi connectivity index (χ2v) is 19.3. The van der Waals surface area contributed by atoms with Crippen LogP contribution in [0.2, 0.25) is 0 Å². The SMILES string of the molecule is CCCCCCC/C=C\C/C=C\C/C=C\CCCCCCCCCCCCCCCCC(=O)OC(COC(=O)CCCCCCCCC)COP(=O)(O)OCC[N+](C)(C)C. The molecule has 0 aromatic rings. The maximum absolute atomic E-state index is 12.7. The summed E-state index contributed by atoms with van der Waals surface area (Å²) >= 11 is 0. The second kappa shape index (κ2) is 42.5. The molecule has 0 saturated carbocycles. The van der Waals surface area contributed by atoms with E-state index in [1.807, 2.05) is 21.1 Å². The van der Waals surface area contributed by atoms with Gasteiger partial charge in [0.2, 0.25) is 0 Å². The molecule has 0 aliphatic rings. The standard InChI is InChI=1S/C50H94NO8P/c1-6-8-10-12-14-15-16-17-18-19-20-21-22-23-24-25-26-27-28-29-30-31-32-33-34-35-37-39-41-43-50(53)59-48(47-58-60(54,55)57-45-44-51(3,4)5)46-56-49(52)42-40-38-36-13-11-9-7-2/h16-17,19-20,22-23,48H,6-15,18,21,24-47H2,1-5H3/p+1/b17-16-,20-19-,23-22-. The fourth-order valence-electron chi connectivity index (χ4n) is 6.79. The van der Waals surface area contributed by atoms with Gasteiger partial charge < -0.3 is 18.9 Å². The molecule has 0 aromatic carbocycles. The van der Waals surface area contributed by atoms with Gasteiger partial charge in [-0.1, -0.05) is 192 Å². The molecule has 0 saturated heterocycles. The fourth-order valence-corrected chi connectivity index (χ4v) is 7.53. The third-order valence-corrected chi connectivity index (χ3v) is 11.7. The number of quaternary nitrogens is 1. The molecule has 0 amide bonds. The van der Waals surface area contributed by atoms with Gasteiger partial charge in [0, 0.05) is 12.8 Å². The number of allylic oxidation sites excluding steroid dienone is 6. The summed E-state index contributed by atoms with van der Waals surface area (Å²) in [6, 6.07) is 0. The summed E-state index contributed by atoms with van der Waals surface area (Å²) in [4.78, 5) is 35.2. The largest absolute Gasteiger partial charge is 0.472 e. The first kappa shape index (κ1) is 58.2. The van der Waals surface area contributed by atoms with Crippen LogP contribution in [0.3, 0.4) is 0 Å². The van der Waals surface area contributed by atoms with Gasteiger partial charge in [-0.15, -0.1) is 0 Å². The maximum atomic E-state index is 12.7. The number of carbonyl (C=O) groups excluding carboxylic acids is 2. The van der Waals surface area contributed by atoms with Crippen molar-refractivity contribution in [2.45, 2.75) is 225 Å². The maximum Gasteiger partial charge on any atom is 0.472 e. The fraction of sp³-hybridized carbons (Fsp3) is 0.840. The number of rotatable bonds is 45. The first-order valence-electron chi connectivity index (χ1n) is 24.7. The van der Waals surface area contributed by atoms with E-state index in [1.54, 1.807) is 0 Å². The van der Waals surface area contributed by atoms with Crippen molar-refractivity contribution in [3.8, 4) is 0 Å². The molecule has 0 radical (unpaired) electrons.